The van der Waals surface area contributed by atoms with Crippen molar-refractivity contribution >= 4 is 35.1 Å². The van der Waals surface area contributed by atoms with Crippen LogP contribution in [0, 0.1) is 10.1 Å². The molecule has 118 valence electrons. The summed E-state index contributed by atoms with van der Waals surface area (Å²) in [5, 5.41) is 13.4. The zero-order valence-corrected chi connectivity index (χ0v) is 13.4. The second-order valence-corrected chi connectivity index (χ2v) is 5.91. The number of nitro groups is 1. The molecular formula is C17H16N2O3S. The molecule has 0 radical (unpaired) electrons. The van der Waals surface area contributed by atoms with E-state index < -0.39 is 4.92 Å². The van der Waals surface area contributed by atoms with Gasteiger partial charge in [-0.1, -0.05) is 19.1 Å². The van der Waals surface area contributed by atoms with Crippen molar-refractivity contribution in [2.24, 2.45) is 0 Å². The van der Waals surface area contributed by atoms with Gasteiger partial charge in [0.25, 0.3) is 5.69 Å². The third kappa shape index (κ3) is 4.96. The summed E-state index contributed by atoms with van der Waals surface area (Å²) in [5.41, 5.74) is 1.52. The molecule has 0 spiro atoms. The van der Waals surface area contributed by atoms with Crippen molar-refractivity contribution in [1.29, 1.82) is 0 Å². The third-order valence-corrected chi connectivity index (χ3v) is 3.93. The molecule has 1 amide bonds. The highest BCUT2D eigenvalue weighted by molar-refractivity contribution is 7.99. The zero-order valence-electron chi connectivity index (χ0n) is 12.6. The predicted octanol–water partition coefficient (Wildman–Crippen LogP) is 4.36. The lowest BCUT2D eigenvalue weighted by Crippen LogP contribution is -2.08. The summed E-state index contributed by atoms with van der Waals surface area (Å²) < 4.78 is 0. The number of nitro benzene ring substituents is 1. The molecule has 0 aliphatic heterocycles. The number of benzene rings is 2. The molecule has 0 atom stereocenters. The fraction of sp³-hybridized carbons (Fsp3) is 0.118. The van der Waals surface area contributed by atoms with Crippen molar-refractivity contribution < 1.29 is 9.72 Å². The van der Waals surface area contributed by atoms with E-state index in [2.05, 4.69) is 12.2 Å². The molecule has 0 aliphatic carbocycles. The number of non-ortho nitro benzene ring substituents is 1. The van der Waals surface area contributed by atoms with Gasteiger partial charge in [-0.3, -0.25) is 14.9 Å². The second kappa shape index (κ2) is 8.14. The molecule has 0 aromatic heterocycles. The lowest BCUT2D eigenvalue weighted by Gasteiger charge is -2.08. The van der Waals surface area contributed by atoms with Gasteiger partial charge in [-0.05, 0) is 41.7 Å². The Morgan fingerprint density at radius 1 is 1.22 bits per heavy atom. The van der Waals surface area contributed by atoms with Gasteiger partial charge in [0, 0.05) is 23.1 Å². The van der Waals surface area contributed by atoms with E-state index in [1.54, 1.807) is 30.0 Å². The summed E-state index contributed by atoms with van der Waals surface area (Å²) >= 11 is 1.66. The lowest BCUT2D eigenvalue weighted by atomic mass is 10.2. The van der Waals surface area contributed by atoms with Gasteiger partial charge in [0.05, 0.1) is 10.6 Å². The predicted molar refractivity (Wildman–Crippen MR) is 93.6 cm³/mol. The Labute approximate surface area is 138 Å². The number of carbonyl (C=O) groups is 1. The van der Waals surface area contributed by atoms with Crippen LogP contribution in [0.15, 0.2) is 59.5 Å². The number of amides is 1. The Morgan fingerprint density at radius 3 is 2.57 bits per heavy atom. The molecule has 2 aromatic carbocycles. The fourth-order valence-electron chi connectivity index (χ4n) is 1.90. The summed E-state index contributed by atoms with van der Waals surface area (Å²) in [6.45, 7) is 2.05. The van der Waals surface area contributed by atoms with E-state index in [4.69, 9.17) is 0 Å². The molecule has 0 aliphatic rings. The summed E-state index contributed by atoms with van der Waals surface area (Å²) in [5.74, 6) is 0.679. The van der Waals surface area contributed by atoms with Crippen LogP contribution in [0.3, 0.4) is 0 Å². The summed E-state index contributed by atoms with van der Waals surface area (Å²) in [7, 11) is 0. The summed E-state index contributed by atoms with van der Waals surface area (Å²) in [4.78, 5) is 23.2. The topological polar surface area (TPSA) is 72.2 Å². The van der Waals surface area contributed by atoms with Crippen LogP contribution >= 0.6 is 11.8 Å². The maximum atomic E-state index is 12.0. The molecule has 5 nitrogen and oxygen atoms in total. The van der Waals surface area contributed by atoms with Gasteiger partial charge in [-0.25, -0.2) is 0 Å². The van der Waals surface area contributed by atoms with Gasteiger partial charge in [-0.15, -0.1) is 11.8 Å². The summed E-state index contributed by atoms with van der Waals surface area (Å²) in [6.07, 6.45) is 3.03. The number of nitrogens with one attached hydrogen (secondary N) is 1. The maximum absolute atomic E-state index is 12.0. The number of carbonyl (C=O) groups excluding carboxylic acids is 1. The van der Waals surface area contributed by atoms with E-state index in [0.717, 1.165) is 21.9 Å². The molecule has 0 bridgehead atoms. The summed E-state index contributed by atoms with van der Waals surface area (Å²) in [6, 6.07) is 13.6. The average molecular weight is 328 g/mol. The fourth-order valence-corrected chi connectivity index (χ4v) is 2.67. The molecule has 1 N–H and O–H groups in total. The van der Waals surface area contributed by atoms with Crippen molar-refractivity contribution in [2.75, 3.05) is 11.1 Å². The van der Waals surface area contributed by atoms with Gasteiger partial charge in [0.1, 0.15) is 0 Å². The Kier molecular flexibility index (Phi) is 5.94. The molecule has 6 heteroatoms. The largest absolute Gasteiger partial charge is 0.321 e. The van der Waals surface area contributed by atoms with Crippen molar-refractivity contribution in [3.8, 4) is 0 Å². The van der Waals surface area contributed by atoms with Gasteiger partial charge >= 0.3 is 0 Å². The number of hydrogen-bond donors (Lipinski definition) is 1. The molecule has 0 saturated heterocycles. The minimum atomic E-state index is -0.456. The minimum Gasteiger partial charge on any atom is -0.321 e. The van der Waals surface area contributed by atoms with Gasteiger partial charge in [-0.2, -0.15) is 0 Å². The Hall–Kier alpha value is -2.60. The van der Waals surface area contributed by atoms with Crippen molar-refractivity contribution in [2.45, 2.75) is 11.8 Å². The highest BCUT2D eigenvalue weighted by atomic mass is 32.2. The molecule has 0 saturated carbocycles. The second-order valence-electron chi connectivity index (χ2n) is 4.60. The quantitative estimate of drug-likeness (QED) is 0.370. The Morgan fingerprint density at radius 2 is 1.91 bits per heavy atom. The average Bonchev–Trinajstić information content (AvgIpc) is 2.55. The van der Waals surface area contributed by atoms with Crippen molar-refractivity contribution in [3.63, 3.8) is 0 Å². The molecule has 0 fully saturated rings. The van der Waals surface area contributed by atoms with Gasteiger partial charge in [0.15, 0.2) is 0 Å². The van der Waals surface area contributed by atoms with Crippen LogP contribution in [0.25, 0.3) is 6.08 Å². The van der Waals surface area contributed by atoms with E-state index in [9.17, 15) is 14.9 Å². The van der Waals surface area contributed by atoms with Crippen molar-refractivity contribution in [1.82, 2.24) is 0 Å². The maximum Gasteiger partial charge on any atom is 0.269 e. The normalized spacial score (nSPS) is 10.7. The first-order valence-corrected chi connectivity index (χ1v) is 8.04. The number of thioether (sulfide) groups is 1. The molecular weight excluding hydrogens is 312 g/mol. The van der Waals surface area contributed by atoms with E-state index in [1.165, 1.54) is 18.2 Å². The monoisotopic (exact) mass is 328 g/mol. The van der Waals surface area contributed by atoms with Crippen LogP contribution in [-0.4, -0.2) is 16.6 Å². The van der Waals surface area contributed by atoms with Crippen LogP contribution in [-0.2, 0) is 4.79 Å². The van der Waals surface area contributed by atoms with Gasteiger partial charge < -0.3 is 5.32 Å². The first kappa shape index (κ1) is 16.8. The SMILES string of the molecule is CCSc1ccccc1NC(=O)/C=C/c1ccc([N+](=O)[O-])cc1. The number of nitrogens with zero attached hydrogens (tertiary/aromatic N) is 1. The number of rotatable bonds is 6. The lowest BCUT2D eigenvalue weighted by molar-refractivity contribution is -0.384. The number of hydrogen-bond acceptors (Lipinski definition) is 4. The van der Waals surface area contributed by atoms with E-state index in [-0.39, 0.29) is 11.6 Å². The van der Waals surface area contributed by atoms with Gasteiger partial charge in [0.2, 0.25) is 5.91 Å². The van der Waals surface area contributed by atoms with Crippen molar-refractivity contribution in [3.05, 3.63) is 70.3 Å². The van der Waals surface area contributed by atoms with Crippen LogP contribution in [0.2, 0.25) is 0 Å². The molecule has 0 unspecified atom stereocenters. The first-order valence-electron chi connectivity index (χ1n) is 7.05. The highest BCUT2D eigenvalue weighted by Crippen LogP contribution is 2.26. The van der Waals surface area contributed by atoms with E-state index in [1.807, 2.05) is 24.3 Å². The Bertz CT molecular complexity index is 727. The smallest absolute Gasteiger partial charge is 0.269 e. The molecule has 2 aromatic rings. The Balaban J connectivity index is 2.03. The molecule has 23 heavy (non-hydrogen) atoms. The molecule has 0 heterocycles. The minimum absolute atomic E-state index is 0.0251. The third-order valence-electron chi connectivity index (χ3n) is 2.98. The van der Waals surface area contributed by atoms with Crippen LogP contribution in [0.1, 0.15) is 12.5 Å². The van der Waals surface area contributed by atoms with E-state index in [0.29, 0.717) is 0 Å². The molecule has 2 rings (SSSR count). The highest BCUT2D eigenvalue weighted by Gasteiger charge is 2.05. The van der Waals surface area contributed by atoms with Crippen LogP contribution in [0.5, 0.6) is 0 Å². The standard InChI is InChI=1S/C17H16N2O3S/c1-2-23-16-6-4-3-5-15(16)18-17(20)12-9-13-7-10-14(11-8-13)19(21)22/h3-12H,2H2,1H3,(H,18,20)/b12-9+. The first-order chi connectivity index (χ1) is 11.1. The van der Waals surface area contributed by atoms with Crippen LogP contribution < -0.4 is 5.32 Å². The number of anilines is 1. The number of para-hydroxylation sites is 1. The zero-order chi connectivity index (χ0) is 16.7. The van der Waals surface area contributed by atoms with Crippen LogP contribution in [0.4, 0.5) is 11.4 Å². The van der Waals surface area contributed by atoms with E-state index >= 15 is 0 Å².